The van der Waals surface area contributed by atoms with E-state index < -0.39 is 10.0 Å². The molecule has 1 aliphatic carbocycles. The number of hydrogen-bond donors (Lipinski definition) is 1. The van der Waals surface area contributed by atoms with Crippen LogP contribution in [0.2, 0.25) is 0 Å². The maximum Gasteiger partial charge on any atom is 0.209 e. The standard InChI is InChI=1S/C17H23N3O2S/c1-12-5-7-13(8-6-12)20-16-10-17(2,3)9-15(14(16)11-18-20)19-23(4,21)22/h5-8,11,15,19H,9-10H2,1-4H3. The van der Waals surface area contributed by atoms with Gasteiger partial charge in [-0.15, -0.1) is 0 Å². The van der Waals surface area contributed by atoms with Gasteiger partial charge >= 0.3 is 0 Å². The zero-order valence-electron chi connectivity index (χ0n) is 14.0. The topological polar surface area (TPSA) is 64.0 Å². The van der Waals surface area contributed by atoms with Crippen LogP contribution in [-0.2, 0) is 16.4 Å². The lowest BCUT2D eigenvalue weighted by molar-refractivity contribution is 0.269. The van der Waals surface area contributed by atoms with E-state index in [1.54, 1.807) is 6.20 Å². The molecule has 0 aliphatic heterocycles. The Labute approximate surface area is 137 Å². The normalized spacial score (nSPS) is 20.3. The summed E-state index contributed by atoms with van der Waals surface area (Å²) in [5, 5.41) is 4.53. The number of aromatic nitrogens is 2. The molecule has 0 spiro atoms. The first-order valence-corrected chi connectivity index (χ1v) is 9.65. The molecule has 3 rings (SSSR count). The van der Waals surface area contributed by atoms with Gasteiger partial charge in [0.15, 0.2) is 0 Å². The summed E-state index contributed by atoms with van der Waals surface area (Å²) >= 11 is 0. The molecule has 6 heteroatoms. The van der Waals surface area contributed by atoms with Crippen LogP contribution in [0.15, 0.2) is 30.5 Å². The molecule has 1 unspecified atom stereocenters. The van der Waals surface area contributed by atoms with E-state index in [-0.39, 0.29) is 11.5 Å². The van der Waals surface area contributed by atoms with Crippen molar-refractivity contribution in [3.05, 3.63) is 47.3 Å². The molecule has 1 N–H and O–H groups in total. The summed E-state index contributed by atoms with van der Waals surface area (Å²) in [5.74, 6) is 0. The van der Waals surface area contributed by atoms with Crippen LogP contribution >= 0.6 is 0 Å². The van der Waals surface area contributed by atoms with E-state index in [9.17, 15) is 8.42 Å². The van der Waals surface area contributed by atoms with E-state index in [2.05, 4.69) is 42.7 Å². The Morgan fingerprint density at radius 1 is 1.26 bits per heavy atom. The van der Waals surface area contributed by atoms with E-state index >= 15 is 0 Å². The van der Waals surface area contributed by atoms with Crippen molar-refractivity contribution in [2.75, 3.05) is 6.26 Å². The molecule has 0 fully saturated rings. The first-order chi connectivity index (χ1) is 10.6. The largest absolute Gasteiger partial charge is 0.237 e. The Morgan fingerprint density at radius 3 is 2.52 bits per heavy atom. The van der Waals surface area contributed by atoms with Crippen LogP contribution in [0, 0.1) is 12.3 Å². The summed E-state index contributed by atoms with van der Waals surface area (Å²) in [7, 11) is -3.26. The molecule has 0 bridgehead atoms. The fraction of sp³-hybridized carbons (Fsp3) is 0.471. The Bertz CT molecular complexity index is 820. The summed E-state index contributed by atoms with van der Waals surface area (Å²) in [5.41, 5.74) is 4.29. The summed E-state index contributed by atoms with van der Waals surface area (Å²) in [6, 6.07) is 7.99. The van der Waals surface area contributed by atoms with Crippen LogP contribution in [0.25, 0.3) is 5.69 Å². The maximum absolute atomic E-state index is 11.7. The van der Waals surface area contributed by atoms with E-state index in [0.717, 1.165) is 29.8 Å². The van der Waals surface area contributed by atoms with Crippen LogP contribution in [0.5, 0.6) is 0 Å². The summed E-state index contributed by atoms with van der Waals surface area (Å²) < 4.78 is 28.1. The summed E-state index contributed by atoms with van der Waals surface area (Å²) in [6.07, 6.45) is 4.65. The van der Waals surface area contributed by atoms with Crippen molar-refractivity contribution < 1.29 is 8.42 Å². The van der Waals surface area contributed by atoms with Gasteiger partial charge in [-0.2, -0.15) is 5.10 Å². The lowest BCUT2D eigenvalue weighted by atomic mass is 9.74. The number of nitrogens with one attached hydrogen (secondary N) is 1. The summed E-state index contributed by atoms with van der Waals surface area (Å²) in [4.78, 5) is 0. The minimum Gasteiger partial charge on any atom is -0.237 e. The molecule has 1 atom stereocenters. The first kappa shape index (κ1) is 16.2. The number of benzene rings is 1. The smallest absolute Gasteiger partial charge is 0.209 e. The van der Waals surface area contributed by atoms with Crippen LogP contribution < -0.4 is 4.72 Å². The van der Waals surface area contributed by atoms with Gasteiger partial charge in [0.25, 0.3) is 0 Å². The predicted octanol–water partition coefficient (Wildman–Crippen LogP) is 2.74. The van der Waals surface area contributed by atoms with E-state index in [1.807, 2.05) is 16.8 Å². The Balaban J connectivity index is 2.06. The molecular formula is C17H23N3O2S. The second-order valence-electron chi connectivity index (χ2n) is 7.28. The predicted molar refractivity (Wildman–Crippen MR) is 91.1 cm³/mol. The third kappa shape index (κ3) is 3.48. The fourth-order valence-electron chi connectivity index (χ4n) is 3.31. The van der Waals surface area contributed by atoms with Gasteiger partial charge in [0, 0.05) is 11.3 Å². The quantitative estimate of drug-likeness (QED) is 0.939. The van der Waals surface area contributed by atoms with Gasteiger partial charge in [-0.3, -0.25) is 0 Å². The molecule has 0 amide bonds. The molecular weight excluding hydrogens is 310 g/mol. The zero-order valence-corrected chi connectivity index (χ0v) is 14.8. The third-order valence-corrected chi connectivity index (χ3v) is 5.03. The lowest BCUT2D eigenvalue weighted by Gasteiger charge is -2.35. The average molecular weight is 333 g/mol. The number of sulfonamides is 1. The Morgan fingerprint density at radius 2 is 1.91 bits per heavy atom. The van der Waals surface area contributed by atoms with Gasteiger partial charge in [-0.25, -0.2) is 17.8 Å². The van der Waals surface area contributed by atoms with E-state index in [4.69, 9.17) is 0 Å². The Kier molecular flexibility index (Phi) is 3.84. The average Bonchev–Trinajstić information content (AvgIpc) is 2.80. The van der Waals surface area contributed by atoms with Gasteiger partial charge in [0.05, 0.1) is 24.2 Å². The zero-order chi connectivity index (χ0) is 16.8. The SMILES string of the molecule is Cc1ccc(-n2ncc3c2CC(C)(C)CC3NS(C)(=O)=O)cc1. The van der Waals surface area contributed by atoms with Crippen molar-refractivity contribution >= 4 is 10.0 Å². The highest BCUT2D eigenvalue weighted by atomic mass is 32.2. The van der Waals surface area contributed by atoms with Crippen molar-refractivity contribution in [3.8, 4) is 5.69 Å². The number of rotatable bonds is 3. The number of hydrogen-bond acceptors (Lipinski definition) is 3. The maximum atomic E-state index is 11.7. The Hall–Kier alpha value is -1.66. The number of fused-ring (bicyclic) bond motifs is 1. The molecule has 0 saturated heterocycles. The van der Waals surface area contributed by atoms with Crippen molar-refractivity contribution in [3.63, 3.8) is 0 Å². The highest BCUT2D eigenvalue weighted by molar-refractivity contribution is 7.88. The molecule has 0 saturated carbocycles. The molecule has 1 heterocycles. The summed E-state index contributed by atoms with van der Waals surface area (Å²) in [6.45, 7) is 6.39. The van der Waals surface area contributed by atoms with E-state index in [1.165, 1.54) is 11.8 Å². The van der Waals surface area contributed by atoms with Gasteiger partial charge in [0.1, 0.15) is 0 Å². The van der Waals surface area contributed by atoms with Crippen molar-refractivity contribution in [1.82, 2.24) is 14.5 Å². The highest BCUT2D eigenvalue weighted by Crippen LogP contribution is 2.41. The molecule has 2 aromatic rings. The first-order valence-electron chi connectivity index (χ1n) is 7.76. The van der Waals surface area contributed by atoms with Gasteiger partial charge in [-0.05, 0) is 37.3 Å². The van der Waals surface area contributed by atoms with Crippen LogP contribution in [0.3, 0.4) is 0 Å². The number of aryl methyl sites for hydroxylation is 1. The molecule has 124 valence electrons. The third-order valence-electron chi connectivity index (χ3n) is 4.31. The van der Waals surface area contributed by atoms with Crippen LogP contribution in [0.1, 0.15) is 43.1 Å². The fourth-order valence-corrected chi connectivity index (χ4v) is 4.04. The minimum absolute atomic E-state index is 0.0117. The van der Waals surface area contributed by atoms with Gasteiger partial charge in [0.2, 0.25) is 10.0 Å². The van der Waals surface area contributed by atoms with Crippen LogP contribution in [-0.4, -0.2) is 24.5 Å². The molecule has 1 aliphatic rings. The van der Waals surface area contributed by atoms with E-state index in [0.29, 0.717) is 0 Å². The minimum atomic E-state index is -3.26. The molecule has 0 radical (unpaired) electrons. The van der Waals surface area contributed by atoms with Gasteiger partial charge in [-0.1, -0.05) is 31.5 Å². The number of nitrogens with zero attached hydrogens (tertiary/aromatic N) is 2. The van der Waals surface area contributed by atoms with Crippen molar-refractivity contribution in [2.45, 2.75) is 39.7 Å². The molecule has 1 aromatic heterocycles. The second-order valence-corrected chi connectivity index (χ2v) is 9.06. The van der Waals surface area contributed by atoms with Crippen molar-refractivity contribution in [1.29, 1.82) is 0 Å². The second kappa shape index (κ2) is 5.46. The highest BCUT2D eigenvalue weighted by Gasteiger charge is 2.36. The molecule has 5 nitrogen and oxygen atoms in total. The van der Waals surface area contributed by atoms with Crippen LogP contribution in [0.4, 0.5) is 0 Å². The van der Waals surface area contributed by atoms with Gasteiger partial charge < -0.3 is 0 Å². The lowest BCUT2D eigenvalue weighted by Crippen LogP contribution is -2.36. The molecule has 1 aromatic carbocycles. The monoisotopic (exact) mass is 333 g/mol. The van der Waals surface area contributed by atoms with Crippen molar-refractivity contribution in [2.24, 2.45) is 5.41 Å². The molecule has 23 heavy (non-hydrogen) atoms.